The Kier molecular flexibility index (Phi) is 4.91. The lowest BCUT2D eigenvalue weighted by Crippen LogP contribution is -2.47. The lowest BCUT2D eigenvalue weighted by molar-refractivity contribution is -0.136. The molecule has 0 bridgehead atoms. The first-order chi connectivity index (χ1) is 13.0. The van der Waals surface area contributed by atoms with Gasteiger partial charge in [-0.1, -0.05) is 17.7 Å². The molecule has 0 aliphatic carbocycles. The fraction of sp³-hybridized carbons (Fsp3) is 0.524. The molecule has 2 aliphatic heterocycles. The molecule has 0 N–H and O–H groups in total. The highest BCUT2D eigenvalue weighted by molar-refractivity contribution is 5.76. The van der Waals surface area contributed by atoms with E-state index in [9.17, 15) is 4.79 Å². The normalized spacial score (nSPS) is 21.6. The topological polar surface area (TPSA) is 50.6 Å². The number of amides is 1. The molecule has 1 amide bonds. The molecule has 2 aromatic rings. The fourth-order valence-electron chi connectivity index (χ4n) is 4.21. The number of carbonyl (C=O) groups is 1. The number of likely N-dealkylation sites (N-methyl/N-ethyl adjacent to an activating group) is 1. The Hall–Kier alpha value is -2.34. The summed E-state index contributed by atoms with van der Waals surface area (Å²) in [4.78, 5) is 20.8. The molecule has 1 aromatic carbocycles. The standard InChI is InChI=1S/C21H28N4O2/c1-17-3-5-18(6-4-17)23(2)19-13-21(27-15-19)7-10-25(11-8-21)20(26)14-24-12-9-22-16-24/h3-6,9,12,16,19H,7-8,10-11,13-15H2,1-2H3/t19-/m1/s1. The van der Waals surface area contributed by atoms with Crippen LogP contribution in [0.2, 0.25) is 0 Å². The van der Waals surface area contributed by atoms with Crippen LogP contribution in [0.25, 0.3) is 0 Å². The van der Waals surface area contributed by atoms with Gasteiger partial charge in [-0.25, -0.2) is 4.98 Å². The minimum absolute atomic E-state index is 0.0740. The maximum Gasteiger partial charge on any atom is 0.242 e. The van der Waals surface area contributed by atoms with Gasteiger partial charge in [0.1, 0.15) is 6.54 Å². The van der Waals surface area contributed by atoms with Crippen LogP contribution < -0.4 is 4.90 Å². The lowest BCUT2D eigenvalue weighted by Gasteiger charge is -2.39. The molecule has 2 saturated heterocycles. The Morgan fingerprint density at radius 3 is 2.70 bits per heavy atom. The van der Waals surface area contributed by atoms with Gasteiger partial charge in [-0.05, 0) is 38.3 Å². The number of hydrogen-bond acceptors (Lipinski definition) is 4. The third-order valence-corrected chi connectivity index (χ3v) is 6.08. The summed E-state index contributed by atoms with van der Waals surface area (Å²) in [7, 11) is 2.15. The van der Waals surface area contributed by atoms with E-state index in [1.54, 1.807) is 12.5 Å². The van der Waals surface area contributed by atoms with E-state index in [2.05, 4.69) is 48.1 Å². The monoisotopic (exact) mass is 368 g/mol. The second-order valence-electron chi connectivity index (χ2n) is 7.91. The van der Waals surface area contributed by atoms with Crippen LogP contribution in [-0.4, -0.2) is 58.7 Å². The van der Waals surface area contributed by atoms with Gasteiger partial charge < -0.3 is 19.1 Å². The maximum atomic E-state index is 12.5. The molecule has 4 rings (SSSR count). The van der Waals surface area contributed by atoms with E-state index in [1.807, 2.05) is 15.7 Å². The smallest absolute Gasteiger partial charge is 0.242 e. The Balaban J connectivity index is 1.32. The quantitative estimate of drug-likeness (QED) is 0.832. The average molecular weight is 368 g/mol. The number of anilines is 1. The van der Waals surface area contributed by atoms with Crippen LogP contribution in [0.15, 0.2) is 43.0 Å². The highest BCUT2D eigenvalue weighted by atomic mass is 16.5. The van der Waals surface area contributed by atoms with Gasteiger partial charge in [0, 0.05) is 38.2 Å². The molecule has 1 atom stereocenters. The van der Waals surface area contributed by atoms with Crippen molar-refractivity contribution in [2.45, 2.75) is 44.4 Å². The average Bonchev–Trinajstić information content (AvgIpc) is 3.33. The van der Waals surface area contributed by atoms with E-state index >= 15 is 0 Å². The zero-order chi connectivity index (χ0) is 18.9. The number of benzene rings is 1. The summed E-state index contributed by atoms with van der Waals surface area (Å²) < 4.78 is 8.12. The SMILES string of the molecule is Cc1ccc(N(C)[C@H]2COC3(CCN(C(=O)Cn4ccnc4)CC3)C2)cc1. The number of ether oxygens (including phenoxy) is 1. The van der Waals surface area contributed by atoms with Crippen molar-refractivity contribution in [3.63, 3.8) is 0 Å². The van der Waals surface area contributed by atoms with Gasteiger partial charge >= 0.3 is 0 Å². The summed E-state index contributed by atoms with van der Waals surface area (Å²) in [6, 6.07) is 9.06. The number of nitrogens with zero attached hydrogens (tertiary/aromatic N) is 4. The van der Waals surface area contributed by atoms with Crippen molar-refractivity contribution in [3.05, 3.63) is 48.5 Å². The molecule has 0 unspecified atom stereocenters. The molecule has 0 saturated carbocycles. The zero-order valence-electron chi connectivity index (χ0n) is 16.2. The molecular weight excluding hydrogens is 340 g/mol. The van der Waals surface area contributed by atoms with Crippen LogP contribution in [0.4, 0.5) is 5.69 Å². The highest BCUT2D eigenvalue weighted by Crippen LogP contribution is 2.38. The predicted molar refractivity (Wildman–Crippen MR) is 105 cm³/mol. The van der Waals surface area contributed by atoms with Crippen molar-refractivity contribution < 1.29 is 9.53 Å². The predicted octanol–water partition coefficient (Wildman–Crippen LogP) is 2.48. The van der Waals surface area contributed by atoms with Gasteiger partial charge in [-0.2, -0.15) is 0 Å². The Bertz CT molecular complexity index is 764. The van der Waals surface area contributed by atoms with Crippen LogP contribution in [0.5, 0.6) is 0 Å². The number of rotatable bonds is 4. The summed E-state index contributed by atoms with van der Waals surface area (Å²) in [6.07, 6.45) is 8.09. The van der Waals surface area contributed by atoms with Crippen molar-refractivity contribution in [3.8, 4) is 0 Å². The molecule has 27 heavy (non-hydrogen) atoms. The minimum atomic E-state index is -0.0740. The maximum absolute atomic E-state index is 12.5. The number of aryl methyl sites for hydroxylation is 1. The highest BCUT2D eigenvalue weighted by Gasteiger charge is 2.44. The van der Waals surface area contributed by atoms with Crippen molar-refractivity contribution in [2.75, 3.05) is 31.6 Å². The third-order valence-electron chi connectivity index (χ3n) is 6.08. The summed E-state index contributed by atoms with van der Waals surface area (Å²) in [6.45, 7) is 4.78. The first-order valence-electron chi connectivity index (χ1n) is 9.72. The number of piperidine rings is 1. The summed E-state index contributed by atoms with van der Waals surface area (Å²) in [5.74, 6) is 0.161. The third kappa shape index (κ3) is 3.86. The van der Waals surface area contributed by atoms with Crippen LogP contribution in [0.3, 0.4) is 0 Å². The molecule has 0 radical (unpaired) electrons. The van der Waals surface area contributed by atoms with E-state index in [0.717, 1.165) is 39.0 Å². The van der Waals surface area contributed by atoms with Gasteiger partial charge in [-0.15, -0.1) is 0 Å². The Morgan fingerprint density at radius 2 is 2.04 bits per heavy atom. The molecule has 2 fully saturated rings. The lowest BCUT2D eigenvalue weighted by atomic mass is 9.87. The fourth-order valence-corrected chi connectivity index (χ4v) is 4.21. The second kappa shape index (κ2) is 7.35. The van der Waals surface area contributed by atoms with Crippen molar-refractivity contribution in [2.24, 2.45) is 0 Å². The Labute approximate surface area is 160 Å². The summed E-state index contributed by atoms with van der Waals surface area (Å²) >= 11 is 0. The van der Waals surface area contributed by atoms with Crippen LogP contribution >= 0.6 is 0 Å². The van der Waals surface area contributed by atoms with E-state index in [1.165, 1.54) is 11.3 Å². The van der Waals surface area contributed by atoms with E-state index < -0.39 is 0 Å². The number of aromatic nitrogens is 2. The molecule has 2 aliphatic rings. The van der Waals surface area contributed by atoms with Gasteiger partial charge in [-0.3, -0.25) is 4.79 Å². The Morgan fingerprint density at radius 1 is 1.30 bits per heavy atom. The zero-order valence-corrected chi connectivity index (χ0v) is 16.2. The van der Waals surface area contributed by atoms with E-state index in [-0.39, 0.29) is 11.5 Å². The first kappa shape index (κ1) is 18.0. The van der Waals surface area contributed by atoms with Crippen LogP contribution in [0, 0.1) is 6.92 Å². The van der Waals surface area contributed by atoms with Crippen LogP contribution in [-0.2, 0) is 16.1 Å². The van der Waals surface area contributed by atoms with Gasteiger partial charge in [0.25, 0.3) is 0 Å². The van der Waals surface area contributed by atoms with E-state index in [0.29, 0.717) is 12.6 Å². The minimum Gasteiger partial charge on any atom is -0.373 e. The van der Waals surface area contributed by atoms with Crippen molar-refractivity contribution in [1.29, 1.82) is 0 Å². The molecule has 3 heterocycles. The number of imidazole rings is 1. The molecule has 1 aromatic heterocycles. The number of likely N-dealkylation sites (tertiary alicyclic amines) is 1. The summed E-state index contributed by atoms with van der Waals surface area (Å²) in [5, 5.41) is 0. The molecule has 144 valence electrons. The number of carbonyl (C=O) groups excluding carboxylic acids is 1. The van der Waals surface area contributed by atoms with Gasteiger partial charge in [0.15, 0.2) is 0 Å². The number of hydrogen-bond donors (Lipinski definition) is 0. The molecule has 1 spiro atoms. The largest absolute Gasteiger partial charge is 0.373 e. The van der Waals surface area contributed by atoms with Crippen molar-refractivity contribution in [1.82, 2.24) is 14.5 Å². The van der Waals surface area contributed by atoms with Gasteiger partial charge in [0.05, 0.1) is 24.6 Å². The van der Waals surface area contributed by atoms with Gasteiger partial charge in [0.2, 0.25) is 5.91 Å². The molecule has 6 heteroatoms. The van der Waals surface area contributed by atoms with Crippen molar-refractivity contribution >= 4 is 11.6 Å². The molecular formula is C21H28N4O2. The van der Waals surface area contributed by atoms with Crippen LogP contribution in [0.1, 0.15) is 24.8 Å². The van der Waals surface area contributed by atoms with E-state index in [4.69, 9.17) is 4.74 Å². The molecule has 6 nitrogen and oxygen atoms in total. The second-order valence-corrected chi connectivity index (χ2v) is 7.91. The first-order valence-corrected chi connectivity index (χ1v) is 9.72. The summed E-state index contributed by atoms with van der Waals surface area (Å²) in [5.41, 5.74) is 2.44.